The third kappa shape index (κ3) is 3.12. The molecule has 1 fully saturated rings. The number of nitrogens with zero attached hydrogens (tertiary/aromatic N) is 1. The summed E-state index contributed by atoms with van der Waals surface area (Å²) in [6.45, 7) is 1.98. The van der Waals surface area contributed by atoms with E-state index in [0.29, 0.717) is 0 Å². The van der Waals surface area contributed by atoms with Crippen molar-refractivity contribution in [3.8, 4) is 0 Å². The predicted molar refractivity (Wildman–Crippen MR) is 77.4 cm³/mol. The van der Waals surface area contributed by atoms with Crippen molar-refractivity contribution in [2.45, 2.75) is 50.8 Å². The van der Waals surface area contributed by atoms with Gasteiger partial charge in [0.15, 0.2) is 0 Å². The van der Waals surface area contributed by atoms with Crippen molar-refractivity contribution in [2.75, 3.05) is 7.11 Å². The SMILES string of the molecule is COC(=O)N(C(C)c1ccccc1)[C@H]1CCCCC1O. The summed E-state index contributed by atoms with van der Waals surface area (Å²) in [7, 11) is 1.39. The first-order valence-corrected chi connectivity index (χ1v) is 7.24. The molecule has 1 saturated carbocycles. The topological polar surface area (TPSA) is 49.8 Å². The van der Waals surface area contributed by atoms with E-state index in [1.54, 1.807) is 4.90 Å². The minimum absolute atomic E-state index is 0.110. The van der Waals surface area contributed by atoms with Crippen LogP contribution in [0.3, 0.4) is 0 Å². The van der Waals surface area contributed by atoms with E-state index in [-0.39, 0.29) is 18.2 Å². The second-order valence-corrected chi connectivity index (χ2v) is 5.38. The highest BCUT2D eigenvalue weighted by atomic mass is 16.5. The monoisotopic (exact) mass is 277 g/mol. The van der Waals surface area contributed by atoms with Gasteiger partial charge >= 0.3 is 6.09 Å². The van der Waals surface area contributed by atoms with Crippen molar-refractivity contribution in [3.05, 3.63) is 35.9 Å². The Balaban J connectivity index is 2.25. The third-order valence-corrected chi connectivity index (χ3v) is 4.14. The number of benzene rings is 1. The third-order valence-electron chi connectivity index (χ3n) is 4.14. The quantitative estimate of drug-likeness (QED) is 0.923. The molecule has 1 aliphatic carbocycles. The average molecular weight is 277 g/mol. The molecule has 1 aliphatic rings. The molecule has 1 aromatic carbocycles. The Morgan fingerprint density at radius 1 is 1.30 bits per heavy atom. The number of amides is 1. The lowest BCUT2D eigenvalue weighted by molar-refractivity contribution is 0.00265. The molecule has 0 spiro atoms. The molecule has 4 heteroatoms. The molecule has 4 nitrogen and oxygen atoms in total. The zero-order valence-corrected chi connectivity index (χ0v) is 12.2. The minimum Gasteiger partial charge on any atom is -0.453 e. The van der Waals surface area contributed by atoms with Crippen molar-refractivity contribution in [3.63, 3.8) is 0 Å². The van der Waals surface area contributed by atoms with E-state index >= 15 is 0 Å². The van der Waals surface area contributed by atoms with Gasteiger partial charge in [-0.1, -0.05) is 43.2 Å². The van der Waals surface area contributed by atoms with Gasteiger partial charge in [0.05, 0.1) is 25.3 Å². The first-order chi connectivity index (χ1) is 9.65. The summed E-state index contributed by atoms with van der Waals surface area (Å²) in [4.78, 5) is 13.9. The molecule has 0 saturated heterocycles. The smallest absolute Gasteiger partial charge is 0.410 e. The average Bonchev–Trinajstić information content (AvgIpc) is 2.50. The maximum absolute atomic E-state index is 12.2. The van der Waals surface area contributed by atoms with Gasteiger partial charge in [0.25, 0.3) is 0 Å². The zero-order valence-electron chi connectivity index (χ0n) is 12.2. The summed E-state index contributed by atoms with van der Waals surface area (Å²) in [6, 6.07) is 9.59. The summed E-state index contributed by atoms with van der Waals surface area (Å²) >= 11 is 0. The number of carbonyl (C=O) groups is 1. The van der Waals surface area contributed by atoms with Crippen LogP contribution in [0.15, 0.2) is 30.3 Å². The highest BCUT2D eigenvalue weighted by Gasteiger charge is 2.35. The van der Waals surface area contributed by atoms with Crippen molar-refractivity contribution in [2.24, 2.45) is 0 Å². The van der Waals surface area contributed by atoms with Gasteiger partial charge in [-0.05, 0) is 25.3 Å². The van der Waals surface area contributed by atoms with Gasteiger partial charge < -0.3 is 9.84 Å². The Hall–Kier alpha value is -1.55. The minimum atomic E-state index is -0.464. The molecule has 1 amide bonds. The van der Waals surface area contributed by atoms with E-state index in [9.17, 15) is 9.90 Å². The van der Waals surface area contributed by atoms with Crippen LogP contribution in [-0.2, 0) is 4.74 Å². The molecule has 1 aromatic rings. The van der Waals surface area contributed by atoms with Crippen molar-refractivity contribution in [1.29, 1.82) is 0 Å². The Morgan fingerprint density at radius 2 is 1.95 bits per heavy atom. The van der Waals surface area contributed by atoms with Crippen LogP contribution in [0.1, 0.15) is 44.2 Å². The fourth-order valence-corrected chi connectivity index (χ4v) is 2.99. The molecule has 1 N–H and O–H groups in total. The van der Waals surface area contributed by atoms with Crippen LogP contribution in [0, 0.1) is 0 Å². The molecule has 0 heterocycles. The molecule has 0 bridgehead atoms. The molecule has 110 valence electrons. The highest BCUT2D eigenvalue weighted by Crippen LogP contribution is 2.31. The van der Waals surface area contributed by atoms with Crippen molar-refractivity contribution in [1.82, 2.24) is 4.90 Å². The lowest BCUT2D eigenvalue weighted by Gasteiger charge is -2.40. The van der Waals surface area contributed by atoms with Gasteiger partial charge in [-0.3, -0.25) is 4.90 Å². The summed E-state index contributed by atoms with van der Waals surface area (Å²) in [5, 5.41) is 10.2. The number of methoxy groups -OCH3 is 1. The van der Waals surface area contributed by atoms with Crippen LogP contribution in [-0.4, -0.2) is 35.4 Å². The number of aliphatic hydroxyl groups excluding tert-OH is 1. The summed E-state index contributed by atoms with van der Waals surface area (Å²) in [5.74, 6) is 0. The number of hydrogen-bond acceptors (Lipinski definition) is 3. The Labute approximate surface area is 120 Å². The van der Waals surface area contributed by atoms with Gasteiger partial charge in [0.1, 0.15) is 0 Å². The molecule has 20 heavy (non-hydrogen) atoms. The van der Waals surface area contributed by atoms with Crippen LogP contribution in [0.25, 0.3) is 0 Å². The van der Waals surface area contributed by atoms with Gasteiger partial charge in [0, 0.05) is 0 Å². The lowest BCUT2D eigenvalue weighted by Crippen LogP contribution is -2.49. The van der Waals surface area contributed by atoms with Gasteiger partial charge in [-0.15, -0.1) is 0 Å². The lowest BCUT2D eigenvalue weighted by atomic mass is 9.90. The number of rotatable bonds is 3. The number of aliphatic hydroxyl groups is 1. The molecule has 2 unspecified atom stereocenters. The van der Waals surface area contributed by atoms with E-state index < -0.39 is 6.10 Å². The molecule has 0 aromatic heterocycles. The highest BCUT2D eigenvalue weighted by molar-refractivity contribution is 5.68. The second-order valence-electron chi connectivity index (χ2n) is 5.38. The molecular formula is C16H23NO3. The van der Waals surface area contributed by atoms with Crippen LogP contribution >= 0.6 is 0 Å². The molecular weight excluding hydrogens is 254 g/mol. The van der Waals surface area contributed by atoms with Gasteiger partial charge in [0.2, 0.25) is 0 Å². The van der Waals surface area contributed by atoms with Crippen LogP contribution < -0.4 is 0 Å². The Bertz CT molecular complexity index is 435. The van der Waals surface area contributed by atoms with Gasteiger partial charge in [-0.2, -0.15) is 0 Å². The summed E-state index contributed by atoms with van der Waals surface area (Å²) in [6.07, 6.45) is 2.80. The number of hydrogen-bond donors (Lipinski definition) is 1. The standard InChI is InChI=1S/C16H23NO3/c1-12(13-8-4-3-5-9-13)17(16(19)20-2)14-10-6-7-11-15(14)18/h3-5,8-9,12,14-15,18H,6-7,10-11H2,1-2H3/t12?,14-,15?/m0/s1. The fourth-order valence-electron chi connectivity index (χ4n) is 2.99. The van der Waals surface area contributed by atoms with E-state index in [4.69, 9.17) is 4.74 Å². The first kappa shape index (κ1) is 14.9. The Kier molecular flexibility index (Phi) is 5.01. The van der Waals surface area contributed by atoms with E-state index in [2.05, 4.69) is 0 Å². The first-order valence-electron chi connectivity index (χ1n) is 7.24. The number of carbonyl (C=O) groups excluding carboxylic acids is 1. The summed E-state index contributed by atoms with van der Waals surface area (Å²) in [5.41, 5.74) is 1.05. The van der Waals surface area contributed by atoms with E-state index in [1.165, 1.54) is 7.11 Å². The molecule has 3 atom stereocenters. The normalized spacial score (nSPS) is 23.9. The van der Waals surface area contributed by atoms with Crippen LogP contribution in [0.4, 0.5) is 4.79 Å². The fraction of sp³-hybridized carbons (Fsp3) is 0.562. The number of ether oxygens (including phenoxy) is 1. The molecule has 2 rings (SSSR count). The van der Waals surface area contributed by atoms with Crippen molar-refractivity contribution < 1.29 is 14.6 Å². The maximum atomic E-state index is 12.2. The van der Waals surface area contributed by atoms with Crippen LogP contribution in [0.2, 0.25) is 0 Å². The molecule has 0 aliphatic heterocycles. The predicted octanol–water partition coefficient (Wildman–Crippen LogP) is 3.12. The van der Waals surface area contributed by atoms with Crippen LogP contribution in [0.5, 0.6) is 0 Å². The Morgan fingerprint density at radius 3 is 2.55 bits per heavy atom. The van der Waals surface area contributed by atoms with Crippen molar-refractivity contribution >= 4 is 6.09 Å². The van der Waals surface area contributed by atoms with Gasteiger partial charge in [-0.25, -0.2) is 4.79 Å². The van der Waals surface area contributed by atoms with E-state index in [0.717, 1.165) is 31.2 Å². The summed E-state index contributed by atoms with van der Waals surface area (Å²) < 4.78 is 4.93. The maximum Gasteiger partial charge on any atom is 0.410 e. The zero-order chi connectivity index (χ0) is 14.5. The second kappa shape index (κ2) is 6.75. The van der Waals surface area contributed by atoms with E-state index in [1.807, 2.05) is 37.3 Å². The molecule has 0 radical (unpaired) electrons. The largest absolute Gasteiger partial charge is 0.453 e.